The summed E-state index contributed by atoms with van der Waals surface area (Å²) in [6.45, 7) is 8.91. The minimum Gasteiger partial charge on any atom is -0.497 e. The highest BCUT2D eigenvalue weighted by Gasteiger charge is 2.32. The van der Waals surface area contributed by atoms with Crippen molar-refractivity contribution < 1.29 is 14.3 Å². The number of para-hydroxylation sites is 1. The van der Waals surface area contributed by atoms with E-state index in [1.807, 2.05) is 30.3 Å². The molecule has 0 aliphatic carbocycles. The Balaban J connectivity index is 1.85. The lowest BCUT2D eigenvalue weighted by atomic mass is 9.88. The summed E-state index contributed by atoms with van der Waals surface area (Å²) in [6.07, 6.45) is 1.73. The maximum absolute atomic E-state index is 14.0. The monoisotopic (exact) mass is 430 g/mol. The van der Waals surface area contributed by atoms with E-state index in [9.17, 15) is 4.79 Å². The van der Waals surface area contributed by atoms with Crippen molar-refractivity contribution in [1.29, 1.82) is 0 Å². The first-order valence-corrected chi connectivity index (χ1v) is 11.1. The summed E-state index contributed by atoms with van der Waals surface area (Å²) in [6, 6.07) is 15.7. The lowest BCUT2D eigenvalue weighted by molar-refractivity contribution is -0.116. The quantitative estimate of drug-likeness (QED) is 0.539. The molecule has 0 radical (unpaired) electrons. The normalized spacial score (nSPS) is 14.9. The largest absolute Gasteiger partial charge is 0.497 e. The summed E-state index contributed by atoms with van der Waals surface area (Å²) in [7, 11) is 1.62. The van der Waals surface area contributed by atoms with Crippen molar-refractivity contribution in [2.45, 2.75) is 52.1 Å². The topological polar surface area (TPSA) is 60.5 Å². The van der Waals surface area contributed by atoms with Crippen LogP contribution in [0, 0.1) is 0 Å². The molecule has 32 heavy (non-hydrogen) atoms. The highest BCUT2D eigenvalue weighted by atomic mass is 16.5. The van der Waals surface area contributed by atoms with E-state index < -0.39 is 5.92 Å². The smallest absolute Gasteiger partial charge is 0.236 e. The highest BCUT2D eigenvalue weighted by Crippen LogP contribution is 2.40. The molecule has 2 aromatic carbocycles. The molecule has 3 aromatic rings. The number of pyridine rings is 1. The van der Waals surface area contributed by atoms with Gasteiger partial charge < -0.3 is 14.8 Å². The van der Waals surface area contributed by atoms with Crippen molar-refractivity contribution in [3.05, 3.63) is 82.7 Å². The lowest BCUT2D eigenvalue weighted by Crippen LogP contribution is -2.24. The number of carbonyl (C=O) groups excluding carboxylic acids is 1. The van der Waals surface area contributed by atoms with Gasteiger partial charge in [-0.3, -0.25) is 9.78 Å². The molecule has 0 saturated heterocycles. The molecule has 166 valence electrons. The third-order valence-electron chi connectivity index (χ3n) is 6.01. The molecule has 0 bridgehead atoms. The minimum atomic E-state index is -0.563. The van der Waals surface area contributed by atoms with Gasteiger partial charge in [-0.15, -0.1) is 0 Å². The molecule has 0 saturated carbocycles. The maximum atomic E-state index is 14.0. The summed E-state index contributed by atoms with van der Waals surface area (Å²) in [5.74, 6) is 1.25. The summed E-state index contributed by atoms with van der Waals surface area (Å²) in [4.78, 5) is 18.5. The van der Waals surface area contributed by atoms with Gasteiger partial charge >= 0.3 is 0 Å². The fourth-order valence-electron chi connectivity index (χ4n) is 4.33. The molecule has 5 nitrogen and oxygen atoms in total. The Kier molecular flexibility index (Phi) is 6.17. The Labute approximate surface area is 189 Å². The summed E-state index contributed by atoms with van der Waals surface area (Å²) >= 11 is 0. The van der Waals surface area contributed by atoms with Gasteiger partial charge in [0.1, 0.15) is 18.1 Å². The highest BCUT2D eigenvalue weighted by molar-refractivity contribution is 6.00. The molecule has 2 heterocycles. The number of nitrogens with one attached hydrogen (secondary N) is 1. The molecular formula is C27H30N2O3. The average Bonchev–Trinajstić information content (AvgIpc) is 2.95. The van der Waals surface area contributed by atoms with Crippen LogP contribution in [0.15, 0.2) is 54.7 Å². The van der Waals surface area contributed by atoms with E-state index in [0.717, 1.165) is 33.6 Å². The number of fused-ring (bicyclic) bond motifs is 2. The SMILES string of the molecule is COc1ccc2c(c1)C(C(=O)Nc1c(C(C)C)cccc1C(C)C)c1cccnc1CO2. The molecule has 1 unspecified atom stereocenters. The fourth-order valence-corrected chi connectivity index (χ4v) is 4.33. The molecule has 4 rings (SSSR count). The lowest BCUT2D eigenvalue weighted by Gasteiger charge is -2.24. The second-order valence-electron chi connectivity index (χ2n) is 8.77. The fraction of sp³-hybridized carbons (Fsp3) is 0.333. The van der Waals surface area contributed by atoms with Gasteiger partial charge in [0.25, 0.3) is 0 Å². The number of hydrogen-bond acceptors (Lipinski definition) is 4. The molecule has 0 fully saturated rings. The zero-order valence-corrected chi connectivity index (χ0v) is 19.3. The number of aromatic nitrogens is 1. The van der Waals surface area contributed by atoms with Crippen LogP contribution in [0.1, 0.15) is 73.4 Å². The van der Waals surface area contributed by atoms with Crippen LogP contribution < -0.4 is 14.8 Å². The predicted octanol–water partition coefficient (Wildman–Crippen LogP) is 6.00. The van der Waals surface area contributed by atoms with Crippen molar-refractivity contribution in [3.63, 3.8) is 0 Å². The van der Waals surface area contributed by atoms with Crippen LogP contribution in [0.2, 0.25) is 0 Å². The molecule has 1 amide bonds. The van der Waals surface area contributed by atoms with Gasteiger partial charge in [-0.25, -0.2) is 0 Å². The standard InChI is InChI=1S/C27H30N2O3/c1-16(2)19-8-6-9-20(17(3)4)26(19)29-27(30)25-21-10-7-13-28-23(21)15-32-24-12-11-18(31-5)14-22(24)25/h6-14,16-17,25H,15H2,1-5H3,(H,29,30). The van der Waals surface area contributed by atoms with Crippen LogP contribution in [-0.4, -0.2) is 18.0 Å². The number of nitrogens with zero attached hydrogens (tertiary/aromatic N) is 1. The molecule has 1 N–H and O–H groups in total. The van der Waals surface area contributed by atoms with Crippen LogP contribution in [0.5, 0.6) is 11.5 Å². The van der Waals surface area contributed by atoms with Crippen molar-refractivity contribution >= 4 is 11.6 Å². The molecule has 5 heteroatoms. The summed E-state index contributed by atoms with van der Waals surface area (Å²) in [5.41, 5.74) is 5.57. The number of methoxy groups -OCH3 is 1. The van der Waals surface area contributed by atoms with E-state index in [0.29, 0.717) is 18.1 Å². The van der Waals surface area contributed by atoms with Crippen molar-refractivity contribution in [2.24, 2.45) is 0 Å². The number of benzene rings is 2. The number of amides is 1. The maximum Gasteiger partial charge on any atom is 0.236 e. The Morgan fingerprint density at radius 3 is 2.41 bits per heavy atom. The zero-order valence-electron chi connectivity index (χ0n) is 19.3. The molecule has 1 aliphatic rings. The van der Waals surface area contributed by atoms with Gasteiger partial charge in [0, 0.05) is 17.4 Å². The molecular weight excluding hydrogens is 400 g/mol. The van der Waals surface area contributed by atoms with E-state index in [4.69, 9.17) is 9.47 Å². The van der Waals surface area contributed by atoms with Crippen molar-refractivity contribution in [1.82, 2.24) is 4.98 Å². The number of ether oxygens (including phenoxy) is 2. The number of carbonyl (C=O) groups is 1. The second kappa shape index (κ2) is 9.03. The van der Waals surface area contributed by atoms with E-state index in [1.165, 1.54) is 0 Å². The van der Waals surface area contributed by atoms with Gasteiger partial charge in [0.15, 0.2) is 0 Å². The second-order valence-corrected chi connectivity index (χ2v) is 8.77. The predicted molar refractivity (Wildman–Crippen MR) is 127 cm³/mol. The Hall–Kier alpha value is -3.34. The number of hydrogen-bond donors (Lipinski definition) is 1. The first-order chi connectivity index (χ1) is 15.4. The number of rotatable bonds is 5. The van der Waals surface area contributed by atoms with Gasteiger partial charge in [0.2, 0.25) is 5.91 Å². The molecule has 1 aromatic heterocycles. The van der Waals surface area contributed by atoms with Crippen molar-refractivity contribution in [3.8, 4) is 11.5 Å². The van der Waals surface area contributed by atoms with Crippen LogP contribution in [0.4, 0.5) is 5.69 Å². The molecule has 1 aliphatic heterocycles. The van der Waals surface area contributed by atoms with E-state index in [-0.39, 0.29) is 17.7 Å². The summed E-state index contributed by atoms with van der Waals surface area (Å²) in [5, 5.41) is 3.30. The first kappa shape index (κ1) is 21.9. The van der Waals surface area contributed by atoms with Crippen molar-refractivity contribution in [2.75, 3.05) is 12.4 Å². The van der Waals surface area contributed by atoms with E-state index in [1.54, 1.807) is 13.3 Å². The molecule has 0 spiro atoms. The van der Waals surface area contributed by atoms with Crippen LogP contribution in [-0.2, 0) is 11.4 Å². The Bertz CT molecular complexity index is 1110. The van der Waals surface area contributed by atoms with E-state index >= 15 is 0 Å². The third-order valence-corrected chi connectivity index (χ3v) is 6.01. The summed E-state index contributed by atoms with van der Waals surface area (Å²) < 4.78 is 11.5. The van der Waals surface area contributed by atoms with Gasteiger partial charge in [-0.05, 0) is 52.8 Å². The first-order valence-electron chi connectivity index (χ1n) is 11.1. The number of anilines is 1. The van der Waals surface area contributed by atoms with Crippen LogP contribution in [0.3, 0.4) is 0 Å². The Morgan fingerprint density at radius 1 is 1.03 bits per heavy atom. The van der Waals surface area contributed by atoms with Crippen LogP contribution in [0.25, 0.3) is 0 Å². The van der Waals surface area contributed by atoms with Gasteiger partial charge in [0.05, 0.1) is 18.7 Å². The van der Waals surface area contributed by atoms with Gasteiger partial charge in [-0.1, -0.05) is 52.0 Å². The van der Waals surface area contributed by atoms with Crippen LogP contribution >= 0.6 is 0 Å². The van der Waals surface area contributed by atoms with E-state index in [2.05, 4.69) is 56.2 Å². The third kappa shape index (κ3) is 4.07. The average molecular weight is 431 g/mol. The molecule has 1 atom stereocenters. The van der Waals surface area contributed by atoms with Gasteiger partial charge in [-0.2, -0.15) is 0 Å². The zero-order chi connectivity index (χ0) is 22.8. The Morgan fingerprint density at radius 2 is 1.75 bits per heavy atom. The minimum absolute atomic E-state index is 0.103.